The minimum absolute atomic E-state index is 0.124. The van der Waals surface area contributed by atoms with E-state index in [9.17, 15) is 4.39 Å². The van der Waals surface area contributed by atoms with Crippen molar-refractivity contribution in [3.63, 3.8) is 0 Å². The summed E-state index contributed by atoms with van der Waals surface area (Å²) in [5.74, 6) is 0.0957. The summed E-state index contributed by atoms with van der Waals surface area (Å²) >= 11 is 11.9. The zero-order valence-electron chi connectivity index (χ0n) is 11.0. The zero-order chi connectivity index (χ0) is 14.4. The van der Waals surface area contributed by atoms with Crippen LogP contribution in [0.25, 0.3) is 0 Å². The first-order valence-electron chi connectivity index (χ1n) is 6.47. The van der Waals surface area contributed by atoms with E-state index in [-0.39, 0.29) is 11.1 Å². The molecular formula is C16H16Cl2FN. The molecule has 0 aliphatic carbocycles. The first-order chi connectivity index (χ1) is 9.70. The summed E-state index contributed by atoms with van der Waals surface area (Å²) in [5.41, 5.74) is 1.96. The van der Waals surface area contributed by atoms with Crippen LogP contribution in [-0.4, -0.2) is 11.9 Å². The molecule has 0 saturated carbocycles. The van der Waals surface area contributed by atoms with Gasteiger partial charge in [-0.05, 0) is 23.6 Å². The number of hydrogen-bond acceptors (Lipinski definition) is 1. The van der Waals surface area contributed by atoms with Gasteiger partial charge in [0.15, 0.2) is 0 Å². The molecule has 1 N–H and O–H groups in total. The van der Waals surface area contributed by atoms with Gasteiger partial charge < -0.3 is 5.32 Å². The van der Waals surface area contributed by atoms with Crippen molar-refractivity contribution in [1.29, 1.82) is 0 Å². The molecule has 2 rings (SSSR count). The van der Waals surface area contributed by atoms with E-state index < -0.39 is 5.82 Å². The van der Waals surface area contributed by atoms with Crippen molar-refractivity contribution in [3.05, 3.63) is 70.5 Å². The summed E-state index contributed by atoms with van der Waals surface area (Å²) in [6.45, 7) is 0.501. The van der Waals surface area contributed by atoms with Crippen molar-refractivity contribution in [2.75, 3.05) is 5.88 Å². The highest BCUT2D eigenvalue weighted by molar-refractivity contribution is 6.31. The molecule has 0 fully saturated rings. The van der Waals surface area contributed by atoms with E-state index >= 15 is 0 Å². The van der Waals surface area contributed by atoms with Crippen molar-refractivity contribution >= 4 is 23.2 Å². The largest absolute Gasteiger partial charge is 0.308 e. The molecular weight excluding hydrogens is 296 g/mol. The minimum atomic E-state index is -0.392. The SMILES string of the molecule is Fc1cccc(CNC(CCl)Cc2ccccc2)c1Cl. The van der Waals surface area contributed by atoms with Crippen molar-refractivity contribution in [2.45, 2.75) is 19.0 Å². The van der Waals surface area contributed by atoms with Crippen LogP contribution >= 0.6 is 23.2 Å². The third kappa shape index (κ3) is 4.20. The summed E-state index contributed by atoms with van der Waals surface area (Å²) in [4.78, 5) is 0. The number of benzene rings is 2. The van der Waals surface area contributed by atoms with E-state index in [0.29, 0.717) is 12.4 Å². The average Bonchev–Trinajstić information content (AvgIpc) is 2.48. The molecule has 1 unspecified atom stereocenters. The van der Waals surface area contributed by atoms with Crippen LogP contribution in [0, 0.1) is 5.82 Å². The van der Waals surface area contributed by atoms with Gasteiger partial charge in [0.2, 0.25) is 0 Å². The molecule has 0 aromatic heterocycles. The van der Waals surface area contributed by atoms with Crippen LogP contribution in [0.4, 0.5) is 4.39 Å². The molecule has 2 aromatic rings. The molecule has 0 aliphatic rings. The molecule has 0 saturated heterocycles. The van der Waals surface area contributed by atoms with Gasteiger partial charge in [-0.2, -0.15) is 0 Å². The molecule has 2 aromatic carbocycles. The Labute approximate surface area is 128 Å². The van der Waals surface area contributed by atoms with Gasteiger partial charge in [-0.25, -0.2) is 4.39 Å². The second-order valence-corrected chi connectivity index (χ2v) is 5.32. The molecule has 0 spiro atoms. The summed E-state index contributed by atoms with van der Waals surface area (Å²) in [7, 11) is 0. The molecule has 1 atom stereocenters. The van der Waals surface area contributed by atoms with Gasteiger partial charge in [0.25, 0.3) is 0 Å². The molecule has 0 radical (unpaired) electrons. The third-order valence-electron chi connectivity index (χ3n) is 3.12. The maximum atomic E-state index is 13.3. The lowest BCUT2D eigenvalue weighted by atomic mass is 10.1. The van der Waals surface area contributed by atoms with Crippen molar-refractivity contribution < 1.29 is 4.39 Å². The standard InChI is InChI=1S/C16H16Cl2FN/c17-10-14(9-12-5-2-1-3-6-12)20-11-13-7-4-8-15(19)16(13)18/h1-8,14,20H,9-11H2. The quantitative estimate of drug-likeness (QED) is 0.779. The number of alkyl halides is 1. The Morgan fingerprint density at radius 3 is 2.50 bits per heavy atom. The second kappa shape index (κ2) is 7.63. The van der Waals surface area contributed by atoms with Crippen LogP contribution in [0.15, 0.2) is 48.5 Å². The third-order valence-corrected chi connectivity index (χ3v) is 3.92. The average molecular weight is 312 g/mol. The Balaban J connectivity index is 1.95. The highest BCUT2D eigenvalue weighted by atomic mass is 35.5. The first-order valence-corrected chi connectivity index (χ1v) is 7.38. The summed E-state index contributed by atoms with van der Waals surface area (Å²) in [6.07, 6.45) is 0.831. The van der Waals surface area contributed by atoms with Crippen LogP contribution in [0.1, 0.15) is 11.1 Å². The highest BCUT2D eigenvalue weighted by Crippen LogP contribution is 2.19. The first kappa shape index (κ1) is 15.3. The van der Waals surface area contributed by atoms with Crippen molar-refractivity contribution in [1.82, 2.24) is 5.32 Å². The van der Waals surface area contributed by atoms with E-state index in [2.05, 4.69) is 17.4 Å². The van der Waals surface area contributed by atoms with E-state index in [0.717, 1.165) is 12.0 Å². The Hall–Kier alpha value is -1.09. The van der Waals surface area contributed by atoms with Gasteiger partial charge in [-0.3, -0.25) is 0 Å². The van der Waals surface area contributed by atoms with Gasteiger partial charge in [-0.1, -0.05) is 54.1 Å². The monoisotopic (exact) mass is 311 g/mol. The van der Waals surface area contributed by atoms with Crippen LogP contribution in [0.3, 0.4) is 0 Å². The zero-order valence-corrected chi connectivity index (χ0v) is 12.5. The van der Waals surface area contributed by atoms with Gasteiger partial charge in [0, 0.05) is 18.5 Å². The maximum absolute atomic E-state index is 13.3. The normalized spacial score (nSPS) is 12.3. The molecule has 1 nitrogen and oxygen atoms in total. The Morgan fingerprint density at radius 1 is 1.05 bits per heavy atom. The van der Waals surface area contributed by atoms with Crippen LogP contribution in [0.5, 0.6) is 0 Å². The predicted octanol–water partition coefficient (Wildman–Crippen LogP) is 4.42. The van der Waals surface area contributed by atoms with E-state index in [1.165, 1.54) is 11.6 Å². The molecule has 4 heteroatoms. The summed E-state index contributed by atoms with van der Waals surface area (Å²) in [6, 6.07) is 15.1. The van der Waals surface area contributed by atoms with E-state index in [1.54, 1.807) is 6.07 Å². The fraction of sp³-hybridized carbons (Fsp3) is 0.250. The van der Waals surface area contributed by atoms with Crippen LogP contribution in [0.2, 0.25) is 5.02 Å². The molecule has 0 bridgehead atoms. The van der Waals surface area contributed by atoms with Crippen LogP contribution in [-0.2, 0) is 13.0 Å². The van der Waals surface area contributed by atoms with Gasteiger partial charge in [-0.15, -0.1) is 11.6 Å². The minimum Gasteiger partial charge on any atom is -0.308 e. The Kier molecular flexibility index (Phi) is 5.84. The van der Waals surface area contributed by atoms with Crippen molar-refractivity contribution in [3.8, 4) is 0 Å². The molecule has 0 amide bonds. The number of rotatable bonds is 6. The highest BCUT2D eigenvalue weighted by Gasteiger charge is 2.10. The molecule has 20 heavy (non-hydrogen) atoms. The van der Waals surface area contributed by atoms with Crippen LogP contribution < -0.4 is 5.32 Å². The fourth-order valence-electron chi connectivity index (χ4n) is 2.02. The van der Waals surface area contributed by atoms with E-state index in [1.807, 2.05) is 24.3 Å². The Morgan fingerprint density at radius 2 is 1.80 bits per heavy atom. The lowest BCUT2D eigenvalue weighted by Gasteiger charge is -2.17. The summed E-state index contributed by atoms with van der Waals surface area (Å²) < 4.78 is 13.3. The Bertz CT molecular complexity index is 545. The number of hydrogen-bond donors (Lipinski definition) is 1. The topological polar surface area (TPSA) is 12.0 Å². The van der Waals surface area contributed by atoms with Gasteiger partial charge in [0.1, 0.15) is 5.82 Å². The van der Waals surface area contributed by atoms with Crippen molar-refractivity contribution in [2.24, 2.45) is 0 Å². The molecule has 0 aliphatic heterocycles. The lowest BCUT2D eigenvalue weighted by molar-refractivity contribution is 0.547. The second-order valence-electron chi connectivity index (χ2n) is 4.63. The van der Waals surface area contributed by atoms with Gasteiger partial charge >= 0.3 is 0 Å². The number of halogens is 3. The summed E-state index contributed by atoms with van der Waals surface area (Å²) in [5, 5.41) is 3.49. The maximum Gasteiger partial charge on any atom is 0.142 e. The predicted molar refractivity (Wildman–Crippen MR) is 82.9 cm³/mol. The van der Waals surface area contributed by atoms with E-state index in [4.69, 9.17) is 23.2 Å². The number of nitrogens with one attached hydrogen (secondary N) is 1. The fourth-order valence-corrected chi connectivity index (χ4v) is 2.43. The molecule has 106 valence electrons. The van der Waals surface area contributed by atoms with Gasteiger partial charge in [0.05, 0.1) is 5.02 Å². The lowest BCUT2D eigenvalue weighted by Crippen LogP contribution is -2.32. The molecule has 0 heterocycles. The smallest absolute Gasteiger partial charge is 0.142 e.